The largest absolute Gasteiger partial charge is 0.503 e. The molecule has 0 bridgehead atoms. The molecule has 174 valence electrons. The first-order valence-corrected chi connectivity index (χ1v) is 10.4. The first-order valence-electron chi connectivity index (χ1n) is 10.4. The second-order valence-electron chi connectivity index (χ2n) is 7.81. The van der Waals surface area contributed by atoms with Crippen LogP contribution in [0.5, 0.6) is 0 Å². The minimum Gasteiger partial charge on any atom is -0.503 e. The van der Waals surface area contributed by atoms with Crippen molar-refractivity contribution in [3.8, 4) is 0 Å². The van der Waals surface area contributed by atoms with E-state index in [2.05, 4.69) is 0 Å². The summed E-state index contributed by atoms with van der Waals surface area (Å²) >= 11 is 0. The number of aliphatic hydroxyl groups excluding tert-OH is 1. The van der Waals surface area contributed by atoms with Crippen molar-refractivity contribution < 1.29 is 32.3 Å². The first-order chi connectivity index (χ1) is 16.2. The summed E-state index contributed by atoms with van der Waals surface area (Å²) in [4.78, 5) is 27.1. The third kappa shape index (κ3) is 4.44. The smallest absolute Gasteiger partial charge is 0.416 e. The highest BCUT2D eigenvalue weighted by molar-refractivity contribution is 6.16. The Hall–Kier alpha value is -3.94. The summed E-state index contributed by atoms with van der Waals surface area (Å²) in [6, 6.07) is 16.9. The molecule has 34 heavy (non-hydrogen) atoms. The molecule has 1 amide bonds. The molecule has 1 unspecified atom stereocenters. The lowest BCUT2D eigenvalue weighted by molar-refractivity contribution is -0.137. The van der Waals surface area contributed by atoms with Crippen molar-refractivity contribution in [3.63, 3.8) is 0 Å². The second kappa shape index (κ2) is 9.13. The van der Waals surface area contributed by atoms with E-state index in [0.29, 0.717) is 6.42 Å². The Morgan fingerprint density at radius 1 is 0.912 bits per heavy atom. The van der Waals surface area contributed by atoms with Gasteiger partial charge in [-0.3, -0.25) is 14.5 Å². The fourth-order valence-corrected chi connectivity index (χ4v) is 4.00. The Morgan fingerprint density at radius 3 is 2.15 bits per heavy atom. The fourth-order valence-electron chi connectivity index (χ4n) is 4.00. The van der Waals surface area contributed by atoms with Gasteiger partial charge in [0.1, 0.15) is 5.82 Å². The zero-order valence-corrected chi connectivity index (χ0v) is 17.7. The number of carbonyl (C=O) groups is 2. The van der Waals surface area contributed by atoms with Crippen molar-refractivity contribution in [2.24, 2.45) is 0 Å². The van der Waals surface area contributed by atoms with E-state index in [4.69, 9.17) is 0 Å². The maximum atomic E-state index is 14.8. The van der Waals surface area contributed by atoms with Gasteiger partial charge in [0.05, 0.1) is 17.2 Å². The van der Waals surface area contributed by atoms with E-state index in [1.165, 1.54) is 18.2 Å². The number of anilines is 1. The maximum absolute atomic E-state index is 14.8. The Morgan fingerprint density at radius 2 is 1.53 bits per heavy atom. The Balaban J connectivity index is 1.74. The van der Waals surface area contributed by atoms with Gasteiger partial charge in [-0.25, -0.2) is 4.39 Å². The summed E-state index contributed by atoms with van der Waals surface area (Å²) in [5, 5.41) is 10.6. The van der Waals surface area contributed by atoms with Crippen molar-refractivity contribution in [1.29, 1.82) is 0 Å². The topological polar surface area (TPSA) is 57.6 Å². The van der Waals surface area contributed by atoms with Gasteiger partial charge in [-0.1, -0.05) is 48.5 Å². The molecule has 1 N–H and O–H groups in total. The van der Waals surface area contributed by atoms with Crippen LogP contribution in [0.1, 0.15) is 29.2 Å². The molecule has 4 nitrogen and oxygen atoms in total. The van der Waals surface area contributed by atoms with Gasteiger partial charge >= 0.3 is 6.18 Å². The molecule has 1 aliphatic rings. The van der Waals surface area contributed by atoms with Crippen LogP contribution in [0.3, 0.4) is 0 Å². The Bertz CT molecular complexity index is 1250. The normalized spacial score (nSPS) is 16.3. The molecule has 0 aliphatic carbocycles. The van der Waals surface area contributed by atoms with Gasteiger partial charge < -0.3 is 5.11 Å². The summed E-state index contributed by atoms with van der Waals surface area (Å²) in [7, 11) is 0. The van der Waals surface area contributed by atoms with E-state index in [1.807, 2.05) is 30.3 Å². The van der Waals surface area contributed by atoms with E-state index >= 15 is 0 Å². The predicted octanol–water partition coefficient (Wildman–Crippen LogP) is 5.95. The fraction of sp³-hybridized carbons (Fsp3) is 0.154. The highest BCUT2D eigenvalue weighted by Gasteiger charge is 2.45. The number of nitrogens with zero attached hydrogens (tertiary/aromatic N) is 1. The standard InChI is InChI=1S/C26H19F4NO3/c27-20-9-5-4-8-19(20)23-22(21(32)15-10-16-6-2-1-3-7-16)24(33)25(34)31(23)18-13-11-17(12-14-18)26(28,29)30/h1-9,11-14,23,33H,10,15H2. The van der Waals surface area contributed by atoms with E-state index < -0.39 is 41.0 Å². The highest BCUT2D eigenvalue weighted by atomic mass is 19.4. The molecular weight excluding hydrogens is 450 g/mol. The zero-order valence-electron chi connectivity index (χ0n) is 17.7. The molecule has 0 aromatic heterocycles. The quantitative estimate of drug-likeness (QED) is 0.454. The van der Waals surface area contributed by atoms with Crippen LogP contribution in [0.4, 0.5) is 23.2 Å². The van der Waals surface area contributed by atoms with Crippen LogP contribution in [0.25, 0.3) is 0 Å². The minimum absolute atomic E-state index is 0.0105. The number of halogens is 4. The number of hydrogen-bond acceptors (Lipinski definition) is 3. The predicted molar refractivity (Wildman–Crippen MR) is 117 cm³/mol. The molecule has 0 saturated carbocycles. The van der Waals surface area contributed by atoms with Crippen LogP contribution >= 0.6 is 0 Å². The summed E-state index contributed by atoms with van der Waals surface area (Å²) in [6.45, 7) is 0. The minimum atomic E-state index is -4.59. The van der Waals surface area contributed by atoms with E-state index in [1.54, 1.807) is 0 Å². The number of aliphatic hydroxyl groups is 1. The number of hydrogen-bond donors (Lipinski definition) is 1. The lowest BCUT2D eigenvalue weighted by atomic mass is 9.92. The van der Waals surface area contributed by atoms with E-state index in [-0.39, 0.29) is 23.2 Å². The second-order valence-corrected chi connectivity index (χ2v) is 7.81. The molecule has 8 heteroatoms. The number of alkyl halides is 3. The van der Waals surface area contributed by atoms with Crippen molar-refractivity contribution in [2.75, 3.05) is 4.90 Å². The van der Waals surface area contributed by atoms with Gasteiger partial charge in [0.15, 0.2) is 11.5 Å². The summed E-state index contributed by atoms with van der Waals surface area (Å²) < 4.78 is 53.8. The molecule has 1 heterocycles. The lowest BCUT2D eigenvalue weighted by Gasteiger charge is -2.27. The summed E-state index contributed by atoms with van der Waals surface area (Å²) in [6.07, 6.45) is -4.31. The number of aryl methyl sites for hydroxylation is 1. The van der Waals surface area contributed by atoms with Crippen molar-refractivity contribution in [2.45, 2.75) is 25.1 Å². The van der Waals surface area contributed by atoms with E-state index in [9.17, 15) is 32.3 Å². The van der Waals surface area contributed by atoms with Crippen molar-refractivity contribution in [1.82, 2.24) is 0 Å². The number of rotatable bonds is 6. The van der Waals surface area contributed by atoms with Crippen LogP contribution in [-0.2, 0) is 22.2 Å². The third-order valence-corrected chi connectivity index (χ3v) is 5.66. The van der Waals surface area contributed by atoms with Gasteiger partial charge in [-0.15, -0.1) is 0 Å². The number of Topliss-reactive ketones (excluding diaryl/α,β-unsaturated/α-hetero) is 1. The molecule has 0 saturated heterocycles. The van der Waals surface area contributed by atoms with Gasteiger partial charge in [-0.05, 0) is 42.3 Å². The molecule has 0 fully saturated rings. The lowest BCUT2D eigenvalue weighted by Crippen LogP contribution is -2.31. The van der Waals surface area contributed by atoms with Gasteiger partial charge in [0.25, 0.3) is 5.91 Å². The molecule has 1 atom stereocenters. The van der Waals surface area contributed by atoms with Gasteiger partial charge in [0, 0.05) is 17.7 Å². The molecule has 0 spiro atoms. The summed E-state index contributed by atoms with van der Waals surface area (Å²) in [5.41, 5.74) is -0.415. The molecule has 0 radical (unpaired) electrons. The van der Waals surface area contributed by atoms with Crippen LogP contribution in [-0.4, -0.2) is 16.8 Å². The van der Waals surface area contributed by atoms with Crippen molar-refractivity contribution in [3.05, 3.63) is 113 Å². The zero-order chi connectivity index (χ0) is 24.5. The van der Waals surface area contributed by atoms with Crippen molar-refractivity contribution >= 4 is 17.4 Å². The highest BCUT2D eigenvalue weighted by Crippen LogP contribution is 2.43. The van der Waals surface area contributed by atoms with E-state index in [0.717, 1.165) is 40.8 Å². The first kappa shape index (κ1) is 23.2. The Labute approximate surface area is 192 Å². The molecule has 3 aromatic carbocycles. The average Bonchev–Trinajstić information content (AvgIpc) is 3.08. The molecule has 1 aliphatic heterocycles. The van der Waals surface area contributed by atoms with Gasteiger partial charge in [-0.2, -0.15) is 13.2 Å². The number of ketones is 1. The Kier molecular flexibility index (Phi) is 6.24. The molecule has 4 rings (SSSR count). The van der Waals surface area contributed by atoms with Crippen LogP contribution < -0.4 is 4.90 Å². The summed E-state index contributed by atoms with van der Waals surface area (Å²) in [5.74, 6) is -3.11. The SMILES string of the molecule is O=C(CCc1ccccc1)C1=C(O)C(=O)N(c2ccc(C(F)(F)F)cc2)C1c1ccccc1F. The van der Waals surface area contributed by atoms with Crippen LogP contribution in [0.15, 0.2) is 90.2 Å². The number of amides is 1. The van der Waals surface area contributed by atoms with Gasteiger partial charge in [0.2, 0.25) is 0 Å². The number of carbonyl (C=O) groups excluding carboxylic acids is 2. The van der Waals surface area contributed by atoms with Crippen LogP contribution in [0, 0.1) is 5.82 Å². The monoisotopic (exact) mass is 469 g/mol. The molecule has 3 aromatic rings. The third-order valence-electron chi connectivity index (χ3n) is 5.66. The molecular formula is C26H19F4NO3. The van der Waals surface area contributed by atoms with Crippen LogP contribution in [0.2, 0.25) is 0 Å². The average molecular weight is 469 g/mol. The number of benzene rings is 3. The maximum Gasteiger partial charge on any atom is 0.416 e.